The Kier molecular flexibility index (Phi) is 6.57. The summed E-state index contributed by atoms with van der Waals surface area (Å²) in [6.07, 6.45) is 4.54. The highest BCUT2D eigenvalue weighted by Gasteiger charge is 2.30. The first-order valence-corrected chi connectivity index (χ1v) is 12.3. The summed E-state index contributed by atoms with van der Waals surface area (Å²) in [5.74, 6) is -0.171. The van der Waals surface area contributed by atoms with E-state index in [9.17, 15) is 9.59 Å². The number of methoxy groups -OCH3 is 1. The second-order valence-corrected chi connectivity index (χ2v) is 9.79. The molecule has 0 saturated carbocycles. The minimum Gasteiger partial charge on any atom is -0.494 e. The number of rotatable bonds is 5. The van der Waals surface area contributed by atoms with Gasteiger partial charge in [-0.25, -0.2) is 15.0 Å². The molecule has 0 radical (unpaired) electrons. The van der Waals surface area contributed by atoms with Gasteiger partial charge in [-0.1, -0.05) is 34.5 Å². The maximum atomic E-state index is 13.3. The zero-order chi connectivity index (χ0) is 25.4. The van der Waals surface area contributed by atoms with Gasteiger partial charge >= 0.3 is 0 Å². The van der Waals surface area contributed by atoms with E-state index in [1.54, 1.807) is 29.2 Å². The molecule has 12 heteroatoms. The SMILES string of the molecule is COc1cnc(Cl)cc1-c1cc(C)ncc1C(=O)Nc1nc2c(s1)CN(C(=O)c1ncccc1Cl)C2. The molecule has 1 N–H and O–H groups in total. The Hall–Kier alpha value is -3.60. The highest BCUT2D eigenvalue weighted by Crippen LogP contribution is 2.35. The van der Waals surface area contributed by atoms with E-state index in [-0.39, 0.29) is 22.7 Å². The molecule has 1 aliphatic heterocycles. The Labute approximate surface area is 220 Å². The van der Waals surface area contributed by atoms with E-state index in [2.05, 4.69) is 25.3 Å². The van der Waals surface area contributed by atoms with Crippen molar-refractivity contribution < 1.29 is 14.3 Å². The van der Waals surface area contributed by atoms with Gasteiger partial charge in [-0.2, -0.15) is 0 Å². The fourth-order valence-electron chi connectivity index (χ4n) is 3.85. The van der Waals surface area contributed by atoms with Crippen molar-refractivity contribution in [1.29, 1.82) is 0 Å². The fourth-order valence-corrected chi connectivity index (χ4v) is 5.19. The molecule has 0 aliphatic carbocycles. The van der Waals surface area contributed by atoms with Crippen LogP contribution in [0.2, 0.25) is 10.2 Å². The first kappa shape index (κ1) is 24.1. The number of hydrogen-bond donors (Lipinski definition) is 1. The van der Waals surface area contributed by atoms with Crippen LogP contribution in [0.5, 0.6) is 5.75 Å². The molecule has 2 amide bonds. The predicted octanol–water partition coefficient (Wildman–Crippen LogP) is 5.03. The number of fused-ring (bicyclic) bond motifs is 1. The molecule has 182 valence electrons. The van der Waals surface area contributed by atoms with Gasteiger partial charge in [0.2, 0.25) is 0 Å². The average molecular weight is 541 g/mol. The van der Waals surface area contributed by atoms with Crippen LogP contribution in [0, 0.1) is 6.92 Å². The Bertz CT molecular complexity index is 1490. The van der Waals surface area contributed by atoms with E-state index < -0.39 is 0 Å². The third kappa shape index (κ3) is 4.62. The third-order valence-electron chi connectivity index (χ3n) is 5.55. The number of hydrogen-bond acceptors (Lipinski definition) is 8. The molecule has 0 fully saturated rings. The number of amides is 2. The van der Waals surface area contributed by atoms with E-state index in [0.717, 1.165) is 16.3 Å². The standard InChI is InChI=1S/C24H18Cl2N6O3S/c1-12-6-13(14-7-20(26)29-9-18(14)35-2)15(8-28-12)22(33)31-24-30-17-10-32(11-19(17)36-24)23(34)21-16(25)4-3-5-27-21/h3-9H,10-11H2,1-2H3,(H,30,31,33). The molecule has 36 heavy (non-hydrogen) atoms. The maximum Gasteiger partial charge on any atom is 0.274 e. The maximum absolute atomic E-state index is 13.3. The summed E-state index contributed by atoms with van der Waals surface area (Å²) in [4.78, 5) is 45.6. The van der Waals surface area contributed by atoms with Crippen LogP contribution in [0.3, 0.4) is 0 Å². The molecule has 0 saturated heterocycles. The number of pyridine rings is 3. The Morgan fingerprint density at radius 3 is 2.69 bits per heavy atom. The number of anilines is 1. The molecule has 5 rings (SSSR count). The zero-order valence-electron chi connectivity index (χ0n) is 19.1. The van der Waals surface area contributed by atoms with Crippen molar-refractivity contribution in [2.45, 2.75) is 20.0 Å². The summed E-state index contributed by atoms with van der Waals surface area (Å²) in [6.45, 7) is 2.49. The number of halogens is 2. The summed E-state index contributed by atoms with van der Waals surface area (Å²) in [5, 5.41) is 3.86. The lowest BCUT2D eigenvalue weighted by Crippen LogP contribution is -2.26. The van der Waals surface area contributed by atoms with Crippen LogP contribution >= 0.6 is 34.5 Å². The van der Waals surface area contributed by atoms with E-state index in [4.69, 9.17) is 27.9 Å². The molecule has 4 aromatic rings. The van der Waals surface area contributed by atoms with E-state index >= 15 is 0 Å². The Balaban J connectivity index is 1.37. The highest BCUT2D eigenvalue weighted by molar-refractivity contribution is 7.16. The average Bonchev–Trinajstić information content (AvgIpc) is 3.42. The lowest BCUT2D eigenvalue weighted by molar-refractivity contribution is 0.0745. The van der Waals surface area contributed by atoms with Gasteiger partial charge in [0, 0.05) is 29.2 Å². The number of nitrogens with one attached hydrogen (secondary N) is 1. The molecule has 5 heterocycles. The van der Waals surface area contributed by atoms with Gasteiger partial charge in [-0.15, -0.1) is 0 Å². The lowest BCUT2D eigenvalue weighted by atomic mass is 10.0. The molecule has 0 unspecified atom stereocenters. The van der Waals surface area contributed by atoms with Crippen molar-refractivity contribution in [2.24, 2.45) is 0 Å². The van der Waals surface area contributed by atoms with Crippen molar-refractivity contribution in [3.05, 3.63) is 80.6 Å². The van der Waals surface area contributed by atoms with Gasteiger partial charge in [0.1, 0.15) is 16.6 Å². The van der Waals surface area contributed by atoms with E-state index in [1.807, 2.05) is 6.92 Å². The zero-order valence-corrected chi connectivity index (χ0v) is 21.4. The van der Waals surface area contributed by atoms with E-state index in [1.165, 1.54) is 37.0 Å². The molecular weight excluding hydrogens is 523 g/mol. The smallest absolute Gasteiger partial charge is 0.274 e. The van der Waals surface area contributed by atoms with Gasteiger partial charge < -0.3 is 9.64 Å². The summed E-state index contributed by atoms with van der Waals surface area (Å²) >= 11 is 13.6. The minimum absolute atomic E-state index is 0.203. The van der Waals surface area contributed by atoms with Gasteiger partial charge in [0.25, 0.3) is 11.8 Å². The summed E-state index contributed by atoms with van der Waals surface area (Å²) in [7, 11) is 1.52. The second-order valence-electron chi connectivity index (χ2n) is 7.92. The van der Waals surface area contributed by atoms with Crippen molar-refractivity contribution >= 4 is 51.5 Å². The number of carbonyl (C=O) groups excluding carboxylic acids is 2. The predicted molar refractivity (Wildman–Crippen MR) is 137 cm³/mol. The molecule has 0 aromatic carbocycles. The monoisotopic (exact) mass is 540 g/mol. The summed E-state index contributed by atoms with van der Waals surface area (Å²) in [5.41, 5.74) is 3.21. The van der Waals surface area contributed by atoms with Crippen molar-refractivity contribution in [3.63, 3.8) is 0 Å². The number of nitrogens with zero attached hydrogens (tertiary/aromatic N) is 5. The van der Waals surface area contributed by atoms with Crippen LogP contribution in [-0.4, -0.2) is 43.8 Å². The van der Waals surface area contributed by atoms with Crippen molar-refractivity contribution in [1.82, 2.24) is 24.8 Å². The Morgan fingerprint density at radius 2 is 1.94 bits per heavy atom. The summed E-state index contributed by atoms with van der Waals surface area (Å²) in [6, 6.07) is 6.73. The third-order valence-corrected chi connectivity index (χ3v) is 7.06. The number of ether oxygens (including phenoxy) is 1. The lowest BCUT2D eigenvalue weighted by Gasteiger charge is -2.15. The molecular formula is C24H18Cl2N6O3S. The second kappa shape index (κ2) is 9.81. The Morgan fingerprint density at radius 1 is 1.11 bits per heavy atom. The first-order valence-electron chi connectivity index (χ1n) is 10.7. The van der Waals surface area contributed by atoms with Gasteiger partial charge in [-0.05, 0) is 31.2 Å². The number of carbonyl (C=O) groups is 2. The van der Waals surface area contributed by atoms with Crippen LogP contribution < -0.4 is 10.1 Å². The first-order chi connectivity index (χ1) is 17.3. The molecule has 0 spiro atoms. The molecule has 0 bridgehead atoms. The number of thiazole rings is 1. The fraction of sp³-hybridized carbons (Fsp3) is 0.167. The van der Waals surface area contributed by atoms with Gasteiger partial charge in [0.15, 0.2) is 5.13 Å². The van der Waals surface area contributed by atoms with Gasteiger partial charge in [0.05, 0.1) is 47.6 Å². The van der Waals surface area contributed by atoms with Crippen LogP contribution in [0.1, 0.15) is 37.1 Å². The largest absolute Gasteiger partial charge is 0.494 e. The quantitative estimate of drug-likeness (QED) is 0.353. The minimum atomic E-state index is -0.381. The highest BCUT2D eigenvalue weighted by atomic mass is 35.5. The van der Waals surface area contributed by atoms with Crippen molar-refractivity contribution in [3.8, 4) is 16.9 Å². The van der Waals surface area contributed by atoms with Crippen molar-refractivity contribution in [2.75, 3.05) is 12.4 Å². The molecule has 1 aliphatic rings. The molecule has 0 atom stereocenters. The van der Waals surface area contributed by atoms with Crippen LogP contribution in [0.15, 0.2) is 42.9 Å². The van der Waals surface area contributed by atoms with Crippen LogP contribution in [0.25, 0.3) is 11.1 Å². The van der Waals surface area contributed by atoms with Crippen LogP contribution in [0.4, 0.5) is 5.13 Å². The van der Waals surface area contributed by atoms with Crippen LogP contribution in [-0.2, 0) is 13.1 Å². The normalized spacial score (nSPS) is 12.4. The molecule has 9 nitrogen and oxygen atoms in total. The summed E-state index contributed by atoms with van der Waals surface area (Å²) < 4.78 is 5.43. The topological polar surface area (TPSA) is 110 Å². The van der Waals surface area contributed by atoms with Gasteiger partial charge in [-0.3, -0.25) is 19.9 Å². The molecule has 4 aromatic heterocycles. The number of aromatic nitrogens is 4. The van der Waals surface area contributed by atoms with E-state index in [0.29, 0.717) is 45.7 Å². The number of aryl methyl sites for hydroxylation is 1.